The number of rotatable bonds is 5. The summed E-state index contributed by atoms with van der Waals surface area (Å²) in [5.74, 6) is 0.0235. The molecule has 4 heterocycles. The molecular weight excluding hydrogens is 468 g/mol. The summed E-state index contributed by atoms with van der Waals surface area (Å²) in [7, 11) is -2.19. The standard InChI is InChI=1S/C24H30N6O4S/c1-28-15-18(14-21(28)23(25)31)35(33,34)29-11-8-16(9-12-29)24(32)26-17-6-7-20-19(13-17)27-22-5-3-2-4-10-30(20)22/h6-7,13-16H,2-5,8-12H2,1H3,(H2,25,31)(H,26,32). The number of anilines is 1. The highest BCUT2D eigenvalue weighted by atomic mass is 32.2. The van der Waals surface area contributed by atoms with Crippen molar-refractivity contribution in [1.82, 2.24) is 18.4 Å². The SMILES string of the molecule is Cn1cc(S(=O)(=O)N2CCC(C(=O)Nc3ccc4c(c3)nc3n4CCCCC3)CC2)cc1C(N)=O. The Labute approximate surface area is 204 Å². The van der Waals surface area contributed by atoms with Gasteiger partial charge in [-0.2, -0.15) is 4.31 Å². The lowest BCUT2D eigenvalue weighted by atomic mass is 9.97. The number of primary amides is 1. The summed E-state index contributed by atoms with van der Waals surface area (Å²) in [6.07, 6.45) is 6.73. The topological polar surface area (TPSA) is 132 Å². The number of aromatic nitrogens is 3. The maximum absolute atomic E-state index is 13.0. The number of nitrogens with one attached hydrogen (secondary N) is 1. The first-order valence-corrected chi connectivity index (χ1v) is 13.4. The second kappa shape index (κ2) is 9.12. The van der Waals surface area contributed by atoms with Crippen LogP contribution in [-0.4, -0.2) is 51.7 Å². The monoisotopic (exact) mass is 498 g/mol. The van der Waals surface area contributed by atoms with Crippen molar-refractivity contribution in [1.29, 1.82) is 0 Å². The maximum Gasteiger partial charge on any atom is 0.265 e. The fraction of sp³-hybridized carbons (Fsp3) is 0.458. The first kappa shape index (κ1) is 23.6. The molecule has 0 atom stereocenters. The Morgan fingerprint density at radius 3 is 2.57 bits per heavy atom. The van der Waals surface area contributed by atoms with Crippen molar-refractivity contribution in [2.75, 3.05) is 18.4 Å². The number of amides is 2. The molecule has 2 aliphatic rings. The second-order valence-electron chi connectivity index (χ2n) is 9.40. The summed E-state index contributed by atoms with van der Waals surface area (Å²) in [5, 5.41) is 2.99. The Hall–Kier alpha value is -3.18. The quantitative estimate of drug-likeness (QED) is 0.557. The van der Waals surface area contributed by atoms with Crippen LogP contribution in [0.3, 0.4) is 0 Å². The molecule has 186 valence electrons. The van der Waals surface area contributed by atoms with Crippen molar-refractivity contribution in [3.8, 4) is 0 Å². The van der Waals surface area contributed by atoms with Gasteiger partial charge in [-0.05, 0) is 49.9 Å². The van der Waals surface area contributed by atoms with Crippen LogP contribution in [0.5, 0.6) is 0 Å². The molecule has 2 aliphatic heterocycles. The van der Waals surface area contributed by atoms with Crippen LogP contribution >= 0.6 is 0 Å². The number of nitrogens with zero attached hydrogens (tertiary/aromatic N) is 4. The molecular formula is C24H30N6O4S. The van der Waals surface area contributed by atoms with E-state index in [1.165, 1.54) is 27.6 Å². The smallest absolute Gasteiger partial charge is 0.265 e. The molecule has 2 aromatic heterocycles. The van der Waals surface area contributed by atoms with Crippen molar-refractivity contribution >= 4 is 38.6 Å². The van der Waals surface area contributed by atoms with E-state index in [9.17, 15) is 18.0 Å². The number of hydrogen-bond acceptors (Lipinski definition) is 5. The number of aryl methyl sites for hydroxylation is 3. The summed E-state index contributed by atoms with van der Waals surface area (Å²) in [6, 6.07) is 7.13. The maximum atomic E-state index is 13.0. The molecule has 1 fully saturated rings. The zero-order chi connectivity index (χ0) is 24.7. The van der Waals surface area contributed by atoms with Gasteiger partial charge in [0.15, 0.2) is 0 Å². The number of fused-ring (bicyclic) bond motifs is 3. The van der Waals surface area contributed by atoms with E-state index in [0.717, 1.165) is 42.7 Å². The van der Waals surface area contributed by atoms with E-state index in [0.29, 0.717) is 18.5 Å². The van der Waals surface area contributed by atoms with Gasteiger partial charge in [0.25, 0.3) is 5.91 Å². The van der Waals surface area contributed by atoms with Crippen LogP contribution in [-0.2, 0) is 34.8 Å². The van der Waals surface area contributed by atoms with Crippen molar-refractivity contribution in [3.05, 3.63) is 42.0 Å². The van der Waals surface area contributed by atoms with Crippen LogP contribution in [0.25, 0.3) is 11.0 Å². The van der Waals surface area contributed by atoms with Crippen LogP contribution in [0, 0.1) is 5.92 Å². The Balaban J connectivity index is 1.23. The Morgan fingerprint density at radius 2 is 1.86 bits per heavy atom. The third kappa shape index (κ3) is 4.45. The molecule has 35 heavy (non-hydrogen) atoms. The molecule has 0 unspecified atom stereocenters. The molecule has 0 bridgehead atoms. The van der Waals surface area contributed by atoms with Gasteiger partial charge in [-0.15, -0.1) is 0 Å². The van der Waals surface area contributed by atoms with E-state index in [1.807, 2.05) is 18.2 Å². The Kier molecular flexibility index (Phi) is 6.14. The van der Waals surface area contributed by atoms with Gasteiger partial charge in [0.05, 0.1) is 11.0 Å². The number of carbonyl (C=O) groups is 2. The minimum absolute atomic E-state index is 0.0310. The number of carbonyl (C=O) groups excluding carboxylic acids is 2. The third-order valence-electron chi connectivity index (χ3n) is 7.07. The molecule has 1 aromatic carbocycles. The Morgan fingerprint density at radius 1 is 1.09 bits per heavy atom. The summed E-state index contributed by atoms with van der Waals surface area (Å²) in [6.45, 7) is 1.44. The molecule has 3 aromatic rings. The van der Waals surface area contributed by atoms with Crippen molar-refractivity contribution in [3.63, 3.8) is 0 Å². The number of benzene rings is 1. The van der Waals surface area contributed by atoms with Gasteiger partial charge < -0.3 is 20.2 Å². The number of hydrogen-bond donors (Lipinski definition) is 2. The summed E-state index contributed by atoms with van der Waals surface area (Å²) in [5.41, 5.74) is 8.12. The van der Waals surface area contributed by atoms with E-state index in [2.05, 4.69) is 9.88 Å². The highest BCUT2D eigenvalue weighted by Gasteiger charge is 2.33. The van der Waals surface area contributed by atoms with Gasteiger partial charge in [-0.25, -0.2) is 13.4 Å². The van der Waals surface area contributed by atoms with Gasteiger partial charge >= 0.3 is 0 Å². The molecule has 3 N–H and O–H groups in total. The molecule has 0 saturated carbocycles. The second-order valence-corrected chi connectivity index (χ2v) is 11.3. The molecule has 5 rings (SSSR count). The van der Waals surface area contributed by atoms with Crippen molar-refractivity contribution in [2.45, 2.75) is 50.0 Å². The average Bonchev–Trinajstić information content (AvgIpc) is 3.31. The first-order chi connectivity index (χ1) is 16.7. The summed E-state index contributed by atoms with van der Waals surface area (Å²) in [4.78, 5) is 29.2. The minimum Gasteiger partial charge on any atom is -0.364 e. The molecule has 10 nitrogen and oxygen atoms in total. The molecule has 1 saturated heterocycles. The molecule has 0 aliphatic carbocycles. The third-order valence-corrected chi connectivity index (χ3v) is 8.94. The van der Waals surface area contributed by atoms with Gasteiger partial charge in [0, 0.05) is 50.9 Å². The normalized spacial score (nSPS) is 17.7. The van der Waals surface area contributed by atoms with Crippen molar-refractivity contribution in [2.24, 2.45) is 18.7 Å². The molecule has 11 heteroatoms. The first-order valence-electron chi connectivity index (χ1n) is 12.0. The number of imidazole rings is 1. The van der Waals surface area contributed by atoms with E-state index >= 15 is 0 Å². The summed E-state index contributed by atoms with van der Waals surface area (Å²) >= 11 is 0. The van der Waals surface area contributed by atoms with Crippen LogP contribution in [0.15, 0.2) is 35.4 Å². The fourth-order valence-corrected chi connectivity index (χ4v) is 6.64. The average molecular weight is 499 g/mol. The molecule has 2 amide bonds. The predicted molar refractivity (Wildman–Crippen MR) is 131 cm³/mol. The van der Waals surface area contributed by atoms with Gasteiger partial charge in [-0.1, -0.05) is 6.42 Å². The lowest BCUT2D eigenvalue weighted by Crippen LogP contribution is -2.41. The Bertz CT molecular complexity index is 1400. The zero-order valence-corrected chi connectivity index (χ0v) is 20.6. The van der Waals surface area contributed by atoms with E-state index in [1.54, 1.807) is 7.05 Å². The lowest BCUT2D eigenvalue weighted by Gasteiger charge is -2.30. The van der Waals surface area contributed by atoms with E-state index in [4.69, 9.17) is 10.7 Å². The summed E-state index contributed by atoms with van der Waals surface area (Å²) < 4.78 is 31.1. The highest BCUT2D eigenvalue weighted by Crippen LogP contribution is 2.28. The lowest BCUT2D eigenvalue weighted by molar-refractivity contribution is -0.120. The molecule has 0 radical (unpaired) electrons. The number of piperidine rings is 1. The van der Waals surface area contributed by atoms with Crippen LogP contribution < -0.4 is 11.1 Å². The largest absolute Gasteiger partial charge is 0.364 e. The zero-order valence-electron chi connectivity index (χ0n) is 19.7. The fourth-order valence-electron chi connectivity index (χ4n) is 5.10. The van der Waals surface area contributed by atoms with Gasteiger partial charge in [-0.3, -0.25) is 9.59 Å². The molecule has 0 spiro atoms. The van der Waals surface area contributed by atoms with Gasteiger partial charge in [0.2, 0.25) is 15.9 Å². The van der Waals surface area contributed by atoms with E-state index < -0.39 is 15.9 Å². The van der Waals surface area contributed by atoms with Crippen LogP contribution in [0.2, 0.25) is 0 Å². The number of nitrogens with two attached hydrogens (primary N) is 1. The number of sulfonamides is 1. The van der Waals surface area contributed by atoms with Crippen LogP contribution in [0.1, 0.15) is 48.4 Å². The predicted octanol–water partition coefficient (Wildman–Crippen LogP) is 2.24. The minimum atomic E-state index is -3.77. The highest BCUT2D eigenvalue weighted by molar-refractivity contribution is 7.89. The van der Waals surface area contributed by atoms with E-state index in [-0.39, 0.29) is 35.5 Å². The van der Waals surface area contributed by atoms with Gasteiger partial charge in [0.1, 0.15) is 16.4 Å². The van der Waals surface area contributed by atoms with Crippen LogP contribution in [0.4, 0.5) is 5.69 Å². The van der Waals surface area contributed by atoms with Crippen molar-refractivity contribution < 1.29 is 18.0 Å².